The summed E-state index contributed by atoms with van der Waals surface area (Å²) in [6.45, 7) is 0. The maximum atomic E-state index is 12.2. The van der Waals surface area contributed by atoms with E-state index < -0.39 is 42.6 Å². The highest BCUT2D eigenvalue weighted by molar-refractivity contribution is 6.36. The third kappa shape index (κ3) is 7.38. The van der Waals surface area contributed by atoms with Crippen molar-refractivity contribution in [3.8, 4) is 0 Å². The van der Waals surface area contributed by atoms with E-state index in [4.69, 9.17) is 0 Å². The van der Waals surface area contributed by atoms with Gasteiger partial charge in [0, 0.05) is 0 Å². The van der Waals surface area contributed by atoms with Crippen LogP contribution in [0.25, 0.3) is 0 Å². The van der Waals surface area contributed by atoms with E-state index in [9.17, 15) is 39.8 Å². The van der Waals surface area contributed by atoms with Crippen LogP contribution < -0.4 is 16.6 Å². The molecular weight excluding hydrogens is 308 g/mol. The molecular formula is C3H3BF9N3O3. The van der Waals surface area contributed by atoms with Crippen molar-refractivity contribution in [3.63, 3.8) is 0 Å². The van der Waals surface area contributed by atoms with E-state index in [1.807, 2.05) is 0 Å². The van der Waals surface area contributed by atoms with Crippen LogP contribution in [-0.4, -0.2) is 26.0 Å². The Morgan fingerprint density at radius 3 is 0.947 bits per heavy atom. The molecule has 0 saturated carbocycles. The minimum absolute atomic E-state index is 0.454. The fourth-order valence-corrected chi connectivity index (χ4v) is 0.502. The van der Waals surface area contributed by atoms with Crippen molar-refractivity contribution < 1.29 is 53.7 Å². The van der Waals surface area contributed by atoms with Crippen LogP contribution >= 0.6 is 0 Å². The normalized spacial score (nSPS) is 13.7. The molecule has 0 rings (SSSR count). The molecule has 3 N–H and O–H groups in total. The van der Waals surface area contributed by atoms with Gasteiger partial charge >= 0.3 is 26.0 Å². The molecule has 0 aromatic rings. The topological polar surface area (TPSA) is 63.8 Å². The SMILES string of the molecule is FNC(F)(F)OB(OC(F)(F)NF)OC(F)(F)NF. The van der Waals surface area contributed by atoms with Gasteiger partial charge in [-0.25, -0.2) is 0 Å². The minimum atomic E-state index is -5.14. The smallest absolute Gasteiger partial charge is 0.311 e. The molecule has 19 heavy (non-hydrogen) atoms. The Kier molecular flexibility index (Phi) is 6.29. The molecule has 0 aliphatic heterocycles. The van der Waals surface area contributed by atoms with E-state index in [1.54, 1.807) is 0 Å². The van der Waals surface area contributed by atoms with E-state index in [0.717, 1.165) is 0 Å². The zero-order chi connectivity index (χ0) is 15.3. The summed E-state index contributed by atoms with van der Waals surface area (Å²) in [6, 6.07) is 0. The van der Waals surface area contributed by atoms with Crippen LogP contribution in [0.4, 0.5) is 39.8 Å². The van der Waals surface area contributed by atoms with Crippen LogP contribution in [0.2, 0.25) is 0 Å². The van der Waals surface area contributed by atoms with Gasteiger partial charge in [0.2, 0.25) is 0 Å². The summed E-state index contributed by atoms with van der Waals surface area (Å²) in [5, 5.41) is 0. The van der Waals surface area contributed by atoms with Crippen LogP contribution in [0.15, 0.2) is 0 Å². The van der Waals surface area contributed by atoms with Crippen LogP contribution in [0.5, 0.6) is 0 Å². The lowest BCUT2D eigenvalue weighted by molar-refractivity contribution is -0.319. The van der Waals surface area contributed by atoms with Crippen LogP contribution in [0, 0.1) is 0 Å². The lowest BCUT2D eigenvalue weighted by Crippen LogP contribution is -2.52. The average molecular weight is 311 g/mol. The van der Waals surface area contributed by atoms with Crippen LogP contribution in [0.3, 0.4) is 0 Å². The zero-order valence-corrected chi connectivity index (χ0v) is 8.20. The lowest BCUT2D eigenvalue weighted by atomic mass is 10.2. The first-order chi connectivity index (χ1) is 8.47. The summed E-state index contributed by atoms with van der Waals surface area (Å²) in [6.07, 6.45) is -15.4. The van der Waals surface area contributed by atoms with Crippen molar-refractivity contribution in [2.24, 2.45) is 0 Å². The van der Waals surface area contributed by atoms with Gasteiger partial charge in [-0.05, 0) is 0 Å². The number of hydrogen-bond acceptors (Lipinski definition) is 6. The molecule has 0 radical (unpaired) electrons. The predicted octanol–water partition coefficient (Wildman–Crippen LogP) is 1.09. The zero-order valence-electron chi connectivity index (χ0n) is 8.20. The number of rotatable bonds is 9. The first kappa shape index (κ1) is 18.2. The molecule has 0 fully saturated rings. The first-order valence-electron chi connectivity index (χ1n) is 3.77. The van der Waals surface area contributed by atoms with Gasteiger partial charge in [0.1, 0.15) is 0 Å². The minimum Gasteiger partial charge on any atom is -0.311 e. The van der Waals surface area contributed by atoms with Crippen molar-refractivity contribution in [1.82, 2.24) is 16.6 Å². The van der Waals surface area contributed by atoms with Crippen molar-refractivity contribution in [2.45, 2.75) is 18.7 Å². The summed E-state index contributed by atoms with van der Waals surface area (Å²) in [4.78, 5) is 0. The second kappa shape index (κ2) is 6.57. The lowest BCUT2D eigenvalue weighted by Gasteiger charge is -2.24. The fraction of sp³-hybridized carbons (Fsp3) is 1.00. The maximum absolute atomic E-state index is 12.2. The van der Waals surface area contributed by atoms with Crippen molar-refractivity contribution in [1.29, 1.82) is 0 Å². The Balaban J connectivity index is 4.84. The molecule has 0 aliphatic carbocycles. The molecule has 0 unspecified atom stereocenters. The Labute approximate surface area is 97.7 Å². The number of halogens is 9. The summed E-state index contributed by atoms with van der Waals surface area (Å²) < 4.78 is 116. The second-order valence-electron chi connectivity index (χ2n) is 2.48. The third-order valence-electron chi connectivity index (χ3n) is 1.06. The highest BCUT2D eigenvalue weighted by Gasteiger charge is 2.51. The molecule has 0 amide bonds. The molecule has 0 aromatic heterocycles. The molecule has 16 heteroatoms. The van der Waals surface area contributed by atoms with E-state index in [1.165, 1.54) is 0 Å². The van der Waals surface area contributed by atoms with Gasteiger partial charge in [-0.3, -0.25) is 0 Å². The Hall–Kier alpha value is -0.805. The van der Waals surface area contributed by atoms with Gasteiger partial charge < -0.3 is 14.0 Å². The number of alkyl halides is 6. The van der Waals surface area contributed by atoms with Gasteiger partial charge in [-0.2, -0.15) is 26.3 Å². The number of nitrogens with one attached hydrogen (secondary N) is 3. The van der Waals surface area contributed by atoms with Crippen LogP contribution in [-0.2, 0) is 14.0 Å². The van der Waals surface area contributed by atoms with E-state index in [0.29, 0.717) is 0 Å². The predicted molar refractivity (Wildman–Crippen MR) is 36.6 cm³/mol. The van der Waals surface area contributed by atoms with Crippen molar-refractivity contribution in [2.75, 3.05) is 0 Å². The van der Waals surface area contributed by atoms with Crippen molar-refractivity contribution in [3.05, 3.63) is 0 Å². The first-order valence-corrected chi connectivity index (χ1v) is 3.77. The molecule has 114 valence electrons. The number of hydrogen-bond donors (Lipinski definition) is 3. The van der Waals surface area contributed by atoms with Gasteiger partial charge in [-0.15, -0.1) is 13.4 Å². The summed E-state index contributed by atoms with van der Waals surface area (Å²) in [7, 11) is -3.78. The maximum Gasteiger partial charge on any atom is 0.655 e. The summed E-state index contributed by atoms with van der Waals surface area (Å²) in [5.41, 5.74) is -1.36. The molecule has 0 aliphatic rings. The van der Waals surface area contributed by atoms with Crippen molar-refractivity contribution >= 4 is 7.32 Å². The van der Waals surface area contributed by atoms with E-state index in [2.05, 4.69) is 14.0 Å². The van der Waals surface area contributed by atoms with Gasteiger partial charge in [0.25, 0.3) is 0 Å². The van der Waals surface area contributed by atoms with E-state index >= 15 is 0 Å². The van der Waals surface area contributed by atoms with Gasteiger partial charge in [0.05, 0.1) is 0 Å². The highest BCUT2D eigenvalue weighted by Crippen LogP contribution is 2.23. The second-order valence-corrected chi connectivity index (χ2v) is 2.48. The standard InChI is InChI=1S/C3H3BF9N3O3/c5-1(6,14-11)17-4(18-2(7,8)15-12)19-3(9,10)16-13/h14-16H. The molecule has 0 bridgehead atoms. The van der Waals surface area contributed by atoms with Gasteiger partial charge in [-0.1, -0.05) is 16.6 Å². The quantitative estimate of drug-likeness (QED) is 0.195. The van der Waals surface area contributed by atoms with Crippen LogP contribution in [0.1, 0.15) is 0 Å². The largest absolute Gasteiger partial charge is 0.655 e. The molecule has 0 atom stereocenters. The monoisotopic (exact) mass is 311 g/mol. The highest BCUT2D eigenvalue weighted by atomic mass is 19.3. The Morgan fingerprint density at radius 1 is 0.579 bits per heavy atom. The Bertz CT molecular complexity index is 240. The molecule has 6 nitrogen and oxygen atoms in total. The van der Waals surface area contributed by atoms with E-state index in [-0.39, 0.29) is 0 Å². The fourth-order valence-electron chi connectivity index (χ4n) is 0.502. The summed E-state index contributed by atoms with van der Waals surface area (Å²) >= 11 is 0. The molecule has 0 aromatic carbocycles. The summed E-state index contributed by atoms with van der Waals surface area (Å²) in [5.74, 6) is 0. The average Bonchev–Trinajstić information content (AvgIpc) is 2.27. The Morgan fingerprint density at radius 2 is 0.789 bits per heavy atom. The molecule has 0 spiro atoms. The van der Waals surface area contributed by atoms with Gasteiger partial charge in [0.15, 0.2) is 0 Å². The third-order valence-corrected chi connectivity index (χ3v) is 1.06. The molecule has 0 saturated heterocycles. The molecule has 0 heterocycles.